The first-order valence-electron chi connectivity index (χ1n) is 10.3. The van der Waals surface area contributed by atoms with Crippen molar-refractivity contribution in [2.45, 2.75) is 44.5 Å². The predicted octanol–water partition coefficient (Wildman–Crippen LogP) is 4.64. The maximum Gasteiger partial charge on any atom is 0.227 e. The van der Waals surface area contributed by atoms with Crippen molar-refractivity contribution < 1.29 is 9.32 Å². The Morgan fingerprint density at radius 2 is 1.88 bits per heavy atom. The van der Waals surface area contributed by atoms with Crippen LogP contribution in [0.25, 0.3) is 11.4 Å². The summed E-state index contributed by atoms with van der Waals surface area (Å²) in [5.41, 5.74) is 5.29. The van der Waals surface area contributed by atoms with Gasteiger partial charge in [-0.25, -0.2) is 4.98 Å². The standard InChI is InChI=1S/C23H24N6O2S/c1-14-4-7-17(8-5-14)22-26-23(28-27-22)32-13-19-25-21(31-29-19)11-10-20(30)24-18-9-6-15(2)16(3)12-18/h4-9,12H,10-11,13H2,1-3H3,(H,24,30)(H,26,27,28). The maximum atomic E-state index is 12.2. The highest BCUT2D eigenvalue weighted by molar-refractivity contribution is 7.98. The SMILES string of the molecule is Cc1ccc(-c2nc(SCc3noc(CCC(=O)Nc4ccc(C)c(C)c4)n3)n[nH]2)cc1. The van der Waals surface area contributed by atoms with Gasteiger partial charge in [-0.15, -0.1) is 5.10 Å². The van der Waals surface area contributed by atoms with E-state index >= 15 is 0 Å². The molecule has 0 unspecified atom stereocenters. The van der Waals surface area contributed by atoms with Crippen molar-refractivity contribution in [1.29, 1.82) is 0 Å². The molecule has 0 bridgehead atoms. The monoisotopic (exact) mass is 448 g/mol. The number of aromatic amines is 1. The van der Waals surface area contributed by atoms with Gasteiger partial charge < -0.3 is 9.84 Å². The van der Waals surface area contributed by atoms with Gasteiger partial charge in [0.25, 0.3) is 0 Å². The minimum absolute atomic E-state index is 0.0910. The summed E-state index contributed by atoms with van der Waals surface area (Å²) in [6, 6.07) is 13.9. The minimum atomic E-state index is -0.0910. The van der Waals surface area contributed by atoms with Crippen LogP contribution in [0.3, 0.4) is 0 Å². The van der Waals surface area contributed by atoms with Crippen LogP contribution in [0.5, 0.6) is 0 Å². The molecule has 2 N–H and O–H groups in total. The molecule has 9 heteroatoms. The summed E-state index contributed by atoms with van der Waals surface area (Å²) in [6.45, 7) is 6.10. The number of benzene rings is 2. The summed E-state index contributed by atoms with van der Waals surface area (Å²) in [5.74, 6) is 2.08. The topological polar surface area (TPSA) is 110 Å². The molecule has 0 atom stereocenters. The molecule has 0 aliphatic rings. The van der Waals surface area contributed by atoms with Crippen LogP contribution in [-0.4, -0.2) is 31.2 Å². The lowest BCUT2D eigenvalue weighted by Gasteiger charge is -2.06. The van der Waals surface area contributed by atoms with E-state index in [1.807, 2.05) is 63.2 Å². The third kappa shape index (κ3) is 5.61. The van der Waals surface area contributed by atoms with Crippen LogP contribution in [0.2, 0.25) is 0 Å². The Hall–Kier alpha value is -3.46. The van der Waals surface area contributed by atoms with Crippen molar-refractivity contribution in [2.75, 3.05) is 5.32 Å². The molecule has 4 rings (SSSR count). The van der Waals surface area contributed by atoms with Gasteiger partial charge in [0.15, 0.2) is 11.6 Å². The highest BCUT2D eigenvalue weighted by Crippen LogP contribution is 2.22. The number of carbonyl (C=O) groups is 1. The molecule has 2 heterocycles. The summed E-state index contributed by atoms with van der Waals surface area (Å²) >= 11 is 1.42. The second-order valence-electron chi connectivity index (χ2n) is 7.57. The maximum absolute atomic E-state index is 12.2. The third-order valence-electron chi connectivity index (χ3n) is 4.99. The van der Waals surface area contributed by atoms with E-state index in [4.69, 9.17) is 4.52 Å². The van der Waals surface area contributed by atoms with Crippen LogP contribution in [0.15, 0.2) is 52.1 Å². The fourth-order valence-corrected chi connectivity index (χ4v) is 3.64. The highest BCUT2D eigenvalue weighted by Gasteiger charge is 2.12. The largest absolute Gasteiger partial charge is 0.339 e. The molecule has 1 amide bonds. The van der Waals surface area contributed by atoms with Gasteiger partial charge in [-0.05, 0) is 44.0 Å². The van der Waals surface area contributed by atoms with Crippen LogP contribution in [0.4, 0.5) is 5.69 Å². The molecule has 8 nitrogen and oxygen atoms in total. The lowest BCUT2D eigenvalue weighted by atomic mass is 10.1. The molecule has 0 fully saturated rings. The summed E-state index contributed by atoms with van der Waals surface area (Å²) < 4.78 is 5.27. The molecule has 4 aromatic rings. The predicted molar refractivity (Wildman–Crippen MR) is 123 cm³/mol. The van der Waals surface area contributed by atoms with E-state index in [0.29, 0.717) is 29.0 Å². The molecule has 164 valence electrons. The number of aromatic nitrogens is 5. The van der Waals surface area contributed by atoms with E-state index < -0.39 is 0 Å². The molecule has 2 aromatic heterocycles. The quantitative estimate of drug-likeness (QED) is 0.378. The number of hydrogen-bond donors (Lipinski definition) is 2. The van der Waals surface area contributed by atoms with Crippen molar-refractivity contribution in [3.05, 3.63) is 70.9 Å². The smallest absolute Gasteiger partial charge is 0.227 e. The van der Waals surface area contributed by atoms with Crippen molar-refractivity contribution in [2.24, 2.45) is 0 Å². The van der Waals surface area contributed by atoms with Gasteiger partial charge in [0.1, 0.15) is 0 Å². The number of aryl methyl sites for hydroxylation is 4. The average Bonchev–Trinajstić information content (AvgIpc) is 3.43. The molecule has 0 spiro atoms. The fraction of sp³-hybridized carbons (Fsp3) is 0.261. The Balaban J connectivity index is 1.25. The van der Waals surface area contributed by atoms with Crippen LogP contribution >= 0.6 is 11.8 Å². The van der Waals surface area contributed by atoms with Crippen LogP contribution in [0, 0.1) is 20.8 Å². The van der Waals surface area contributed by atoms with Crippen molar-refractivity contribution in [3.63, 3.8) is 0 Å². The summed E-state index contributed by atoms with van der Waals surface area (Å²) in [6.07, 6.45) is 0.648. The highest BCUT2D eigenvalue weighted by atomic mass is 32.2. The van der Waals surface area contributed by atoms with Gasteiger partial charge >= 0.3 is 0 Å². The normalized spacial score (nSPS) is 11.0. The zero-order valence-corrected chi connectivity index (χ0v) is 19.0. The number of H-pyrrole nitrogens is 1. The molecular formula is C23H24N6O2S. The van der Waals surface area contributed by atoms with E-state index in [1.165, 1.54) is 22.9 Å². The molecule has 2 aromatic carbocycles. The summed E-state index contributed by atoms with van der Waals surface area (Å²) in [7, 11) is 0. The number of nitrogens with one attached hydrogen (secondary N) is 2. The molecule has 32 heavy (non-hydrogen) atoms. The Bertz CT molecular complexity index is 1220. The van der Waals surface area contributed by atoms with Gasteiger partial charge in [-0.3, -0.25) is 9.89 Å². The number of anilines is 1. The number of amides is 1. The Morgan fingerprint density at radius 3 is 2.66 bits per heavy atom. The number of nitrogens with zero attached hydrogens (tertiary/aromatic N) is 4. The van der Waals surface area contributed by atoms with E-state index in [1.54, 1.807) is 0 Å². The van der Waals surface area contributed by atoms with Crippen LogP contribution < -0.4 is 5.32 Å². The van der Waals surface area contributed by atoms with Crippen molar-refractivity contribution in [3.8, 4) is 11.4 Å². The number of carbonyl (C=O) groups excluding carboxylic acids is 1. The molecule has 0 aliphatic carbocycles. The summed E-state index contributed by atoms with van der Waals surface area (Å²) in [4.78, 5) is 21.1. The molecule has 0 radical (unpaired) electrons. The Morgan fingerprint density at radius 1 is 1.06 bits per heavy atom. The van der Waals surface area contributed by atoms with E-state index in [2.05, 4.69) is 30.6 Å². The number of rotatable bonds is 8. The lowest BCUT2D eigenvalue weighted by Crippen LogP contribution is -2.12. The summed E-state index contributed by atoms with van der Waals surface area (Å²) in [5, 5.41) is 14.7. The first-order chi connectivity index (χ1) is 15.5. The molecule has 0 saturated carbocycles. The van der Waals surface area contributed by atoms with Gasteiger partial charge in [0, 0.05) is 24.1 Å². The van der Waals surface area contributed by atoms with Gasteiger partial charge in [0.2, 0.25) is 17.0 Å². The zero-order chi connectivity index (χ0) is 22.5. The molecular weight excluding hydrogens is 424 g/mol. The van der Waals surface area contributed by atoms with Crippen molar-refractivity contribution >= 4 is 23.4 Å². The van der Waals surface area contributed by atoms with Crippen molar-refractivity contribution in [1.82, 2.24) is 25.3 Å². The number of thioether (sulfide) groups is 1. The van der Waals surface area contributed by atoms with Crippen LogP contribution in [0.1, 0.15) is 34.8 Å². The van der Waals surface area contributed by atoms with E-state index in [9.17, 15) is 4.79 Å². The fourth-order valence-electron chi connectivity index (χ4n) is 2.99. The van der Waals surface area contributed by atoms with E-state index in [-0.39, 0.29) is 12.3 Å². The number of hydrogen-bond acceptors (Lipinski definition) is 7. The van der Waals surface area contributed by atoms with Gasteiger partial charge in [0.05, 0.1) is 5.75 Å². The zero-order valence-electron chi connectivity index (χ0n) is 18.2. The van der Waals surface area contributed by atoms with Crippen LogP contribution in [-0.2, 0) is 17.0 Å². The Labute approximate surface area is 190 Å². The minimum Gasteiger partial charge on any atom is -0.339 e. The Kier molecular flexibility index (Phi) is 6.65. The second-order valence-corrected chi connectivity index (χ2v) is 8.52. The average molecular weight is 449 g/mol. The van der Waals surface area contributed by atoms with Gasteiger partial charge in [-0.1, -0.05) is 52.8 Å². The third-order valence-corrected chi connectivity index (χ3v) is 5.83. The first kappa shape index (κ1) is 21.8. The van der Waals surface area contributed by atoms with Gasteiger partial charge in [-0.2, -0.15) is 4.98 Å². The van der Waals surface area contributed by atoms with E-state index in [0.717, 1.165) is 22.6 Å². The second kappa shape index (κ2) is 9.78. The lowest BCUT2D eigenvalue weighted by molar-refractivity contribution is -0.116. The molecule has 0 saturated heterocycles. The first-order valence-corrected chi connectivity index (χ1v) is 11.3. The molecule has 0 aliphatic heterocycles.